The first-order valence-electron chi connectivity index (χ1n) is 9.73. The Morgan fingerprint density at radius 2 is 1.87 bits per heavy atom. The van der Waals surface area contributed by atoms with Crippen LogP contribution in [0.5, 0.6) is 5.75 Å². The van der Waals surface area contributed by atoms with E-state index in [9.17, 15) is 13.2 Å². The predicted molar refractivity (Wildman–Crippen MR) is 123 cm³/mol. The largest absolute Gasteiger partial charge is 0.497 e. The average molecular weight is 457 g/mol. The Morgan fingerprint density at radius 1 is 1.19 bits per heavy atom. The summed E-state index contributed by atoms with van der Waals surface area (Å²) in [7, 11) is -1.96. The molecule has 2 aromatic carbocycles. The van der Waals surface area contributed by atoms with Crippen LogP contribution in [0.15, 0.2) is 46.3 Å². The highest BCUT2D eigenvalue weighted by atomic mass is 32.2. The lowest BCUT2D eigenvalue weighted by atomic mass is 10.1. The van der Waals surface area contributed by atoms with Gasteiger partial charge in [0.2, 0.25) is 5.91 Å². The number of sulfone groups is 1. The van der Waals surface area contributed by atoms with Gasteiger partial charge in [-0.1, -0.05) is 17.3 Å². The number of thiazole rings is 1. The van der Waals surface area contributed by atoms with Gasteiger partial charge in [0.25, 0.3) is 0 Å². The zero-order valence-corrected chi connectivity index (χ0v) is 19.3. The van der Waals surface area contributed by atoms with Crippen LogP contribution in [-0.4, -0.2) is 31.8 Å². The number of aryl methyl sites for hydroxylation is 2. The van der Waals surface area contributed by atoms with Crippen LogP contribution in [0.25, 0.3) is 10.2 Å². The summed E-state index contributed by atoms with van der Waals surface area (Å²) >= 11 is 1.40. The Morgan fingerprint density at radius 3 is 2.52 bits per heavy atom. The maximum Gasteiger partial charge on any atom is 0.248 e. The molecule has 0 atom stereocenters. The molecule has 0 saturated carbocycles. The summed E-state index contributed by atoms with van der Waals surface area (Å²) in [6, 6.07) is 10.3. The summed E-state index contributed by atoms with van der Waals surface area (Å²) in [6.07, 6.45) is 5.74. The van der Waals surface area contributed by atoms with Crippen LogP contribution in [0, 0.1) is 26.2 Å². The molecule has 0 radical (unpaired) electrons. The second kappa shape index (κ2) is 9.50. The van der Waals surface area contributed by atoms with Crippen LogP contribution in [0.1, 0.15) is 24.0 Å². The Bertz CT molecular complexity index is 1320. The van der Waals surface area contributed by atoms with Gasteiger partial charge in [0.05, 0.1) is 34.5 Å². The summed E-state index contributed by atoms with van der Waals surface area (Å²) in [4.78, 5) is 17.4. The number of carbonyl (C=O) groups excluding carboxylic acids is 1. The number of aromatic nitrogens is 1. The van der Waals surface area contributed by atoms with E-state index in [1.165, 1.54) is 30.6 Å². The van der Waals surface area contributed by atoms with Crippen LogP contribution >= 0.6 is 11.3 Å². The predicted octanol–water partition coefficient (Wildman–Crippen LogP) is 3.64. The molecule has 3 aromatic rings. The van der Waals surface area contributed by atoms with E-state index in [-0.39, 0.29) is 29.4 Å². The number of benzene rings is 2. The van der Waals surface area contributed by atoms with E-state index in [1.807, 2.05) is 24.5 Å². The van der Waals surface area contributed by atoms with E-state index in [4.69, 9.17) is 11.2 Å². The van der Waals surface area contributed by atoms with Crippen molar-refractivity contribution in [3.63, 3.8) is 0 Å². The molecule has 0 saturated heterocycles. The van der Waals surface area contributed by atoms with Gasteiger partial charge in [-0.15, -0.1) is 6.42 Å². The average Bonchev–Trinajstić information content (AvgIpc) is 3.04. The lowest BCUT2D eigenvalue weighted by Crippen LogP contribution is -2.17. The van der Waals surface area contributed by atoms with E-state index < -0.39 is 9.84 Å². The minimum Gasteiger partial charge on any atom is -0.497 e. The van der Waals surface area contributed by atoms with Gasteiger partial charge in [0, 0.05) is 6.42 Å². The van der Waals surface area contributed by atoms with Gasteiger partial charge in [-0.3, -0.25) is 4.79 Å². The van der Waals surface area contributed by atoms with Crippen molar-refractivity contribution in [1.82, 2.24) is 4.57 Å². The van der Waals surface area contributed by atoms with Gasteiger partial charge >= 0.3 is 0 Å². The number of rotatable bonds is 7. The van der Waals surface area contributed by atoms with Gasteiger partial charge in [-0.2, -0.15) is 4.99 Å². The van der Waals surface area contributed by atoms with Crippen LogP contribution in [0.3, 0.4) is 0 Å². The highest BCUT2D eigenvalue weighted by molar-refractivity contribution is 7.91. The van der Waals surface area contributed by atoms with Gasteiger partial charge < -0.3 is 9.30 Å². The van der Waals surface area contributed by atoms with Crippen LogP contribution in [0.4, 0.5) is 0 Å². The summed E-state index contributed by atoms with van der Waals surface area (Å²) in [5.74, 6) is 2.70. The van der Waals surface area contributed by atoms with Crippen molar-refractivity contribution < 1.29 is 17.9 Å². The molecule has 0 aliphatic heterocycles. The highest BCUT2D eigenvalue weighted by Crippen LogP contribution is 2.22. The zero-order valence-electron chi connectivity index (χ0n) is 17.7. The number of hydrogen-bond donors (Lipinski definition) is 0. The Kier molecular flexibility index (Phi) is 6.98. The quantitative estimate of drug-likeness (QED) is 0.509. The summed E-state index contributed by atoms with van der Waals surface area (Å²) in [5, 5.41) is 0. The van der Waals surface area contributed by atoms with Gasteiger partial charge in [-0.25, -0.2) is 8.42 Å². The molecule has 162 valence electrons. The summed E-state index contributed by atoms with van der Waals surface area (Å²) in [5.41, 5.74) is 3.24. The number of nitrogens with zero attached hydrogens (tertiary/aromatic N) is 2. The minimum absolute atomic E-state index is 0.0394. The van der Waals surface area contributed by atoms with Crippen molar-refractivity contribution >= 4 is 37.3 Å². The summed E-state index contributed by atoms with van der Waals surface area (Å²) < 4.78 is 32.9. The van der Waals surface area contributed by atoms with Crippen molar-refractivity contribution in [2.45, 2.75) is 38.1 Å². The molecule has 1 heterocycles. The SMILES string of the molecule is C#CCn1c(=NC(=O)CCCS(=O)(=O)c2ccc(OC)cc2)sc2cc(C)c(C)cc21. The molecule has 0 bridgehead atoms. The fourth-order valence-corrected chi connectivity index (χ4v) is 5.57. The van der Waals surface area contributed by atoms with E-state index in [1.54, 1.807) is 12.1 Å². The molecule has 1 amide bonds. The second-order valence-corrected chi connectivity index (χ2v) is 10.3. The standard InChI is InChI=1S/C23H24N2O4S2/c1-5-12-25-20-14-16(2)17(3)15-21(20)30-23(25)24-22(26)7-6-13-31(27,28)19-10-8-18(29-4)9-11-19/h1,8-11,14-15H,6-7,12-13H2,2-4H3. The van der Waals surface area contributed by atoms with Crippen LogP contribution < -0.4 is 9.54 Å². The first-order chi connectivity index (χ1) is 14.7. The number of carbonyl (C=O) groups is 1. The number of hydrogen-bond acceptors (Lipinski definition) is 5. The molecule has 3 rings (SSSR count). The van der Waals surface area contributed by atoms with Gasteiger partial charge in [0.1, 0.15) is 5.75 Å². The molecule has 0 spiro atoms. The molecule has 31 heavy (non-hydrogen) atoms. The normalized spacial score (nSPS) is 12.1. The number of ether oxygens (including phenoxy) is 1. The molecule has 8 heteroatoms. The first-order valence-corrected chi connectivity index (χ1v) is 12.2. The lowest BCUT2D eigenvalue weighted by Gasteiger charge is -2.05. The monoisotopic (exact) mass is 456 g/mol. The number of fused-ring (bicyclic) bond motifs is 1. The fourth-order valence-electron chi connectivity index (χ4n) is 3.13. The summed E-state index contributed by atoms with van der Waals surface area (Å²) in [6.45, 7) is 4.36. The van der Waals surface area contributed by atoms with Crippen LogP contribution in [-0.2, 0) is 21.2 Å². The molecule has 0 aliphatic carbocycles. The Balaban J connectivity index is 1.76. The van der Waals surface area contributed by atoms with Crippen molar-refractivity contribution in [2.75, 3.05) is 12.9 Å². The van der Waals surface area contributed by atoms with Gasteiger partial charge in [-0.05, 0) is 67.8 Å². The number of methoxy groups -OCH3 is 1. The second-order valence-electron chi connectivity index (χ2n) is 7.18. The van der Waals surface area contributed by atoms with Crippen molar-refractivity contribution in [1.29, 1.82) is 0 Å². The first kappa shape index (κ1) is 22.8. The fraction of sp³-hybridized carbons (Fsp3) is 0.304. The van der Waals surface area contributed by atoms with E-state index in [2.05, 4.69) is 17.0 Å². The molecular weight excluding hydrogens is 432 g/mol. The van der Waals surface area contributed by atoms with E-state index in [0.29, 0.717) is 17.1 Å². The van der Waals surface area contributed by atoms with Crippen molar-refractivity contribution in [2.24, 2.45) is 4.99 Å². The maximum atomic E-state index is 12.5. The van der Waals surface area contributed by atoms with E-state index in [0.717, 1.165) is 21.3 Å². The third-order valence-corrected chi connectivity index (χ3v) is 7.85. The number of terminal acetylenes is 1. The van der Waals surface area contributed by atoms with Crippen LogP contribution in [0.2, 0.25) is 0 Å². The maximum absolute atomic E-state index is 12.5. The lowest BCUT2D eigenvalue weighted by molar-refractivity contribution is -0.118. The minimum atomic E-state index is -3.48. The third-order valence-electron chi connectivity index (χ3n) is 4.99. The smallest absolute Gasteiger partial charge is 0.248 e. The molecule has 0 N–H and O–H groups in total. The van der Waals surface area contributed by atoms with Crippen molar-refractivity contribution in [3.05, 3.63) is 52.3 Å². The molecule has 0 fully saturated rings. The topological polar surface area (TPSA) is 77.7 Å². The van der Waals surface area contributed by atoms with E-state index >= 15 is 0 Å². The van der Waals surface area contributed by atoms with Crippen molar-refractivity contribution in [3.8, 4) is 18.1 Å². The Hall–Kier alpha value is -2.89. The highest BCUT2D eigenvalue weighted by Gasteiger charge is 2.15. The third kappa shape index (κ3) is 5.24. The zero-order chi connectivity index (χ0) is 22.6. The molecule has 1 aromatic heterocycles. The molecular formula is C23H24N2O4S2. The molecule has 6 nitrogen and oxygen atoms in total. The molecule has 0 unspecified atom stereocenters. The van der Waals surface area contributed by atoms with Gasteiger partial charge in [0.15, 0.2) is 14.6 Å². The number of amides is 1. The Labute approximate surface area is 186 Å². The molecule has 0 aliphatic rings.